The smallest absolute Gasteiger partial charge is 0.253 e. The fourth-order valence-corrected chi connectivity index (χ4v) is 2.03. The first-order valence-corrected chi connectivity index (χ1v) is 7.88. The van der Waals surface area contributed by atoms with E-state index in [2.05, 4.69) is 11.8 Å². The molecule has 1 heterocycles. The van der Waals surface area contributed by atoms with Crippen LogP contribution in [-0.4, -0.2) is 48.4 Å². The number of benzene rings is 1. The number of carbonyl (C=O) groups excluding carboxylic acids is 1. The molecule has 0 unspecified atom stereocenters. The van der Waals surface area contributed by atoms with Crippen LogP contribution in [0.1, 0.15) is 45.0 Å². The van der Waals surface area contributed by atoms with Crippen molar-refractivity contribution in [3.8, 4) is 0 Å². The van der Waals surface area contributed by atoms with Gasteiger partial charge < -0.3 is 9.80 Å². The van der Waals surface area contributed by atoms with Gasteiger partial charge in [-0.1, -0.05) is 52.8 Å². The molecule has 1 aliphatic heterocycles. The van der Waals surface area contributed by atoms with Crippen molar-refractivity contribution in [3.05, 3.63) is 35.9 Å². The van der Waals surface area contributed by atoms with E-state index in [1.165, 1.54) is 0 Å². The fraction of sp³-hybridized carbons (Fsp3) is 0.588. The topological polar surface area (TPSA) is 23.6 Å². The second-order valence-corrected chi connectivity index (χ2v) is 4.09. The molecule has 0 saturated carbocycles. The summed E-state index contributed by atoms with van der Waals surface area (Å²) in [5.41, 5.74) is 0.799. The van der Waals surface area contributed by atoms with Crippen molar-refractivity contribution < 1.29 is 4.79 Å². The highest BCUT2D eigenvalue weighted by Crippen LogP contribution is 2.08. The van der Waals surface area contributed by atoms with Gasteiger partial charge in [-0.15, -0.1) is 0 Å². The van der Waals surface area contributed by atoms with Gasteiger partial charge in [0.2, 0.25) is 0 Å². The first kappa shape index (κ1) is 18.7. The molecule has 0 aromatic heterocycles. The van der Waals surface area contributed by atoms with E-state index < -0.39 is 0 Å². The first-order chi connectivity index (χ1) is 9.81. The number of likely N-dealkylation sites (N-methyl/N-ethyl adjacent to an activating group) is 1. The Morgan fingerprint density at radius 1 is 0.950 bits per heavy atom. The Morgan fingerprint density at radius 3 is 1.90 bits per heavy atom. The maximum atomic E-state index is 12.1. The van der Waals surface area contributed by atoms with E-state index in [1.54, 1.807) is 0 Å². The van der Waals surface area contributed by atoms with Gasteiger partial charge in [0, 0.05) is 31.7 Å². The van der Waals surface area contributed by atoms with Gasteiger partial charge in [0.1, 0.15) is 0 Å². The average Bonchev–Trinajstić information content (AvgIpc) is 2.59. The summed E-state index contributed by atoms with van der Waals surface area (Å²) in [5.74, 6) is 0.163. The van der Waals surface area contributed by atoms with E-state index in [9.17, 15) is 4.79 Å². The zero-order chi connectivity index (χ0) is 15.4. The Bertz CT molecular complexity index is 343. The van der Waals surface area contributed by atoms with Gasteiger partial charge in [-0.2, -0.15) is 0 Å². The number of rotatable bonds is 2. The molecular weight excluding hydrogens is 248 g/mol. The molecule has 0 N–H and O–H groups in total. The van der Waals surface area contributed by atoms with Crippen molar-refractivity contribution in [2.75, 3.05) is 32.7 Å². The molecule has 2 rings (SSSR count). The molecule has 20 heavy (non-hydrogen) atoms. The summed E-state index contributed by atoms with van der Waals surface area (Å²) in [6.45, 7) is 14.9. The van der Waals surface area contributed by atoms with Crippen LogP contribution >= 0.6 is 0 Å². The minimum absolute atomic E-state index is 0.163. The molecule has 1 saturated heterocycles. The summed E-state index contributed by atoms with van der Waals surface area (Å²) in [6, 6.07) is 9.53. The molecule has 1 aromatic carbocycles. The fourth-order valence-electron chi connectivity index (χ4n) is 2.03. The monoisotopic (exact) mass is 278 g/mol. The molecule has 1 aromatic rings. The zero-order valence-corrected chi connectivity index (χ0v) is 13.7. The van der Waals surface area contributed by atoms with Crippen molar-refractivity contribution in [2.24, 2.45) is 0 Å². The maximum absolute atomic E-state index is 12.1. The highest BCUT2D eigenvalue weighted by atomic mass is 16.2. The summed E-state index contributed by atoms with van der Waals surface area (Å²) >= 11 is 0. The normalized spacial score (nSPS) is 14.6. The Balaban J connectivity index is 0.000000829. The van der Waals surface area contributed by atoms with Crippen LogP contribution in [0.3, 0.4) is 0 Å². The third-order valence-electron chi connectivity index (χ3n) is 3.13. The van der Waals surface area contributed by atoms with E-state index >= 15 is 0 Å². The standard InChI is InChI=1S/C13H18N2O.2C2H6/c1-2-14-8-10-15(11-9-14)13(16)12-6-4-3-5-7-12;2*1-2/h3-7H,2,8-11H2,1H3;2*1-2H3. The van der Waals surface area contributed by atoms with Crippen molar-refractivity contribution >= 4 is 5.91 Å². The van der Waals surface area contributed by atoms with Crippen LogP contribution in [0.25, 0.3) is 0 Å². The van der Waals surface area contributed by atoms with Gasteiger partial charge in [-0.25, -0.2) is 0 Å². The molecular formula is C17H30N2O. The van der Waals surface area contributed by atoms with Crippen LogP contribution in [0, 0.1) is 0 Å². The molecule has 0 radical (unpaired) electrons. The first-order valence-electron chi connectivity index (χ1n) is 7.88. The van der Waals surface area contributed by atoms with E-state index in [4.69, 9.17) is 0 Å². The predicted octanol–water partition coefficient (Wildman–Crippen LogP) is 3.52. The lowest BCUT2D eigenvalue weighted by Gasteiger charge is -2.34. The number of hydrogen-bond acceptors (Lipinski definition) is 2. The molecule has 1 amide bonds. The third kappa shape index (κ3) is 5.74. The van der Waals surface area contributed by atoms with Crippen LogP contribution < -0.4 is 0 Å². The Hall–Kier alpha value is -1.35. The summed E-state index contributed by atoms with van der Waals surface area (Å²) in [5, 5.41) is 0. The van der Waals surface area contributed by atoms with Gasteiger partial charge in [0.15, 0.2) is 0 Å². The van der Waals surface area contributed by atoms with Crippen LogP contribution in [0.15, 0.2) is 30.3 Å². The van der Waals surface area contributed by atoms with Gasteiger partial charge >= 0.3 is 0 Å². The van der Waals surface area contributed by atoms with Crippen molar-refractivity contribution in [3.63, 3.8) is 0 Å². The number of nitrogens with zero attached hydrogens (tertiary/aromatic N) is 2. The van der Waals surface area contributed by atoms with Crippen LogP contribution in [0.2, 0.25) is 0 Å². The Labute approximate surface area is 124 Å². The van der Waals surface area contributed by atoms with Gasteiger partial charge in [0.05, 0.1) is 0 Å². The van der Waals surface area contributed by atoms with E-state index in [0.29, 0.717) is 0 Å². The predicted molar refractivity (Wildman–Crippen MR) is 87.2 cm³/mol. The molecule has 0 aliphatic carbocycles. The van der Waals surface area contributed by atoms with Crippen LogP contribution in [0.5, 0.6) is 0 Å². The summed E-state index contributed by atoms with van der Waals surface area (Å²) in [6.07, 6.45) is 0. The molecule has 1 aliphatic rings. The second-order valence-electron chi connectivity index (χ2n) is 4.09. The van der Waals surface area contributed by atoms with Gasteiger partial charge in [0.25, 0.3) is 5.91 Å². The molecule has 114 valence electrons. The van der Waals surface area contributed by atoms with Crippen LogP contribution in [0.4, 0.5) is 0 Å². The largest absolute Gasteiger partial charge is 0.336 e. The third-order valence-corrected chi connectivity index (χ3v) is 3.13. The van der Waals surface area contributed by atoms with Gasteiger partial charge in [-0.3, -0.25) is 4.79 Å². The molecule has 1 fully saturated rings. The molecule has 0 spiro atoms. The summed E-state index contributed by atoms with van der Waals surface area (Å²) in [7, 11) is 0. The number of carbonyl (C=O) groups is 1. The number of piperazine rings is 1. The minimum atomic E-state index is 0.163. The lowest BCUT2D eigenvalue weighted by atomic mass is 10.2. The number of amides is 1. The lowest BCUT2D eigenvalue weighted by molar-refractivity contribution is 0.0643. The molecule has 0 bridgehead atoms. The molecule has 0 atom stereocenters. The summed E-state index contributed by atoms with van der Waals surface area (Å²) in [4.78, 5) is 16.4. The Morgan fingerprint density at radius 2 is 1.45 bits per heavy atom. The minimum Gasteiger partial charge on any atom is -0.336 e. The van der Waals surface area contributed by atoms with E-state index in [1.807, 2.05) is 62.9 Å². The van der Waals surface area contributed by atoms with Crippen molar-refractivity contribution in [2.45, 2.75) is 34.6 Å². The highest BCUT2D eigenvalue weighted by Gasteiger charge is 2.20. The average molecular weight is 278 g/mol. The quantitative estimate of drug-likeness (QED) is 0.826. The molecule has 3 nitrogen and oxygen atoms in total. The van der Waals surface area contributed by atoms with Crippen molar-refractivity contribution in [1.82, 2.24) is 9.80 Å². The van der Waals surface area contributed by atoms with Gasteiger partial charge in [-0.05, 0) is 18.7 Å². The highest BCUT2D eigenvalue weighted by molar-refractivity contribution is 5.94. The summed E-state index contributed by atoms with van der Waals surface area (Å²) < 4.78 is 0. The van der Waals surface area contributed by atoms with Crippen molar-refractivity contribution in [1.29, 1.82) is 0 Å². The van der Waals surface area contributed by atoms with Crippen LogP contribution in [-0.2, 0) is 0 Å². The lowest BCUT2D eigenvalue weighted by Crippen LogP contribution is -2.48. The zero-order valence-electron chi connectivity index (χ0n) is 13.7. The SMILES string of the molecule is CC.CC.CCN1CCN(C(=O)c2ccccc2)CC1. The number of hydrogen-bond donors (Lipinski definition) is 0. The molecule has 3 heteroatoms. The maximum Gasteiger partial charge on any atom is 0.253 e. The second kappa shape index (κ2) is 11.5. The van der Waals surface area contributed by atoms with E-state index in [0.717, 1.165) is 38.3 Å². The van der Waals surface area contributed by atoms with E-state index in [-0.39, 0.29) is 5.91 Å². The Kier molecular flexibility index (Phi) is 10.7.